The van der Waals surface area contributed by atoms with Crippen LogP contribution in [0.15, 0.2) is 12.4 Å². The molecule has 4 nitrogen and oxygen atoms in total. The molecule has 4 heteroatoms. The van der Waals surface area contributed by atoms with E-state index in [1.54, 1.807) is 6.20 Å². The summed E-state index contributed by atoms with van der Waals surface area (Å²) in [5.41, 5.74) is -0.283. The topological polar surface area (TPSA) is 46.9 Å². The van der Waals surface area contributed by atoms with Gasteiger partial charge in [0.2, 0.25) is 5.78 Å². The lowest BCUT2D eigenvalue weighted by Gasteiger charge is -2.32. The van der Waals surface area contributed by atoms with E-state index in [2.05, 4.69) is 17.2 Å². The predicted octanol–water partition coefficient (Wildman–Crippen LogP) is 1.87. The molecule has 0 amide bonds. The SMILES string of the molecule is CCCn1ccnc1C(=O)C1(C)CCCNC1. The zero-order valence-corrected chi connectivity index (χ0v) is 10.7. The van der Waals surface area contributed by atoms with E-state index in [1.165, 1.54) is 0 Å². The minimum atomic E-state index is -0.283. The molecule has 1 aromatic heterocycles. The number of carbonyl (C=O) groups is 1. The third-order valence-electron chi connectivity index (χ3n) is 3.53. The van der Waals surface area contributed by atoms with Gasteiger partial charge < -0.3 is 9.88 Å². The van der Waals surface area contributed by atoms with Gasteiger partial charge in [-0.2, -0.15) is 0 Å². The summed E-state index contributed by atoms with van der Waals surface area (Å²) in [6.07, 6.45) is 6.67. The third-order valence-corrected chi connectivity index (χ3v) is 3.53. The first-order chi connectivity index (χ1) is 8.17. The van der Waals surface area contributed by atoms with E-state index in [0.717, 1.165) is 38.9 Å². The fourth-order valence-electron chi connectivity index (χ4n) is 2.46. The fraction of sp³-hybridized carbons (Fsp3) is 0.692. The monoisotopic (exact) mass is 235 g/mol. The van der Waals surface area contributed by atoms with Crippen molar-refractivity contribution < 1.29 is 4.79 Å². The van der Waals surface area contributed by atoms with Crippen molar-refractivity contribution in [1.82, 2.24) is 14.9 Å². The number of piperidine rings is 1. The Morgan fingerprint density at radius 1 is 1.65 bits per heavy atom. The van der Waals surface area contributed by atoms with Crippen LogP contribution in [0.4, 0.5) is 0 Å². The third kappa shape index (κ3) is 2.41. The van der Waals surface area contributed by atoms with Gasteiger partial charge in [-0.3, -0.25) is 4.79 Å². The molecule has 0 radical (unpaired) electrons. The first-order valence-corrected chi connectivity index (χ1v) is 6.44. The number of hydrogen-bond donors (Lipinski definition) is 1. The lowest BCUT2D eigenvalue weighted by Crippen LogP contribution is -2.44. The average molecular weight is 235 g/mol. The Bertz CT molecular complexity index is 391. The van der Waals surface area contributed by atoms with Crippen molar-refractivity contribution in [2.45, 2.75) is 39.7 Å². The molecule has 2 heterocycles. The Balaban J connectivity index is 2.20. The van der Waals surface area contributed by atoms with E-state index >= 15 is 0 Å². The predicted molar refractivity (Wildman–Crippen MR) is 67.1 cm³/mol. The lowest BCUT2D eigenvalue weighted by molar-refractivity contribution is 0.0756. The van der Waals surface area contributed by atoms with Crippen molar-refractivity contribution in [3.63, 3.8) is 0 Å². The van der Waals surface area contributed by atoms with Crippen molar-refractivity contribution in [3.8, 4) is 0 Å². The van der Waals surface area contributed by atoms with Crippen LogP contribution in [0.25, 0.3) is 0 Å². The van der Waals surface area contributed by atoms with Crippen molar-refractivity contribution in [2.75, 3.05) is 13.1 Å². The molecule has 17 heavy (non-hydrogen) atoms. The minimum absolute atomic E-state index is 0.183. The second-order valence-corrected chi connectivity index (χ2v) is 5.11. The molecule has 1 saturated heterocycles. The number of nitrogens with zero attached hydrogens (tertiary/aromatic N) is 2. The smallest absolute Gasteiger partial charge is 0.205 e. The van der Waals surface area contributed by atoms with Gasteiger partial charge in [0, 0.05) is 30.9 Å². The summed E-state index contributed by atoms with van der Waals surface area (Å²) in [5, 5.41) is 3.31. The molecule has 0 aromatic carbocycles. The molecule has 1 fully saturated rings. The van der Waals surface area contributed by atoms with Crippen LogP contribution in [0.1, 0.15) is 43.7 Å². The maximum atomic E-state index is 12.6. The number of ketones is 1. The summed E-state index contributed by atoms with van der Waals surface area (Å²) in [5.74, 6) is 0.807. The summed E-state index contributed by atoms with van der Waals surface area (Å²) >= 11 is 0. The van der Waals surface area contributed by atoms with Crippen LogP contribution in [0.3, 0.4) is 0 Å². The second kappa shape index (κ2) is 5.00. The molecule has 2 rings (SSSR count). The van der Waals surface area contributed by atoms with Crippen LogP contribution in [0.5, 0.6) is 0 Å². The number of carbonyl (C=O) groups excluding carboxylic acids is 1. The van der Waals surface area contributed by atoms with E-state index < -0.39 is 0 Å². The molecule has 0 bridgehead atoms. The van der Waals surface area contributed by atoms with Crippen LogP contribution in [-0.4, -0.2) is 28.4 Å². The van der Waals surface area contributed by atoms with E-state index in [-0.39, 0.29) is 11.2 Å². The average Bonchev–Trinajstić information content (AvgIpc) is 2.78. The zero-order valence-electron chi connectivity index (χ0n) is 10.7. The summed E-state index contributed by atoms with van der Waals surface area (Å²) in [7, 11) is 0. The molecular formula is C13H21N3O. The Labute approximate surface area is 102 Å². The Hall–Kier alpha value is -1.16. The number of rotatable bonds is 4. The highest BCUT2D eigenvalue weighted by Crippen LogP contribution is 2.29. The summed E-state index contributed by atoms with van der Waals surface area (Å²) < 4.78 is 1.97. The van der Waals surface area contributed by atoms with Crippen molar-refractivity contribution in [1.29, 1.82) is 0 Å². The highest BCUT2D eigenvalue weighted by Gasteiger charge is 2.37. The molecule has 1 aromatic rings. The molecule has 1 unspecified atom stereocenters. The highest BCUT2D eigenvalue weighted by atomic mass is 16.1. The highest BCUT2D eigenvalue weighted by molar-refractivity contribution is 5.97. The normalized spacial score (nSPS) is 24.8. The van der Waals surface area contributed by atoms with Gasteiger partial charge in [-0.05, 0) is 25.8 Å². The lowest BCUT2D eigenvalue weighted by atomic mass is 9.78. The van der Waals surface area contributed by atoms with Gasteiger partial charge in [-0.15, -0.1) is 0 Å². The molecule has 1 atom stereocenters. The van der Waals surface area contributed by atoms with E-state index in [0.29, 0.717) is 5.82 Å². The van der Waals surface area contributed by atoms with Crippen LogP contribution in [0, 0.1) is 5.41 Å². The van der Waals surface area contributed by atoms with E-state index in [4.69, 9.17) is 0 Å². The molecule has 1 N–H and O–H groups in total. The zero-order chi connectivity index (χ0) is 12.3. The number of hydrogen-bond acceptors (Lipinski definition) is 3. The number of imidazole rings is 1. The molecule has 0 saturated carbocycles. The van der Waals surface area contributed by atoms with Gasteiger partial charge in [-0.25, -0.2) is 4.98 Å². The van der Waals surface area contributed by atoms with Gasteiger partial charge >= 0.3 is 0 Å². The summed E-state index contributed by atoms with van der Waals surface area (Å²) in [4.78, 5) is 16.8. The van der Waals surface area contributed by atoms with Gasteiger partial charge in [-0.1, -0.05) is 13.8 Å². The van der Waals surface area contributed by atoms with E-state index in [9.17, 15) is 4.79 Å². The van der Waals surface area contributed by atoms with Crippen molar-refractivity contribution >= 4 is 5.78 Å². The number of aryl methyl sites for hydroxylation is 1. The standard InChI is InChI=1S/C13H21N3O/c1-3-8-16-9-7-15-12(16)11(17)13(2)5-4-6-14-10-13/h7,9,14H,3-6,8,10H2,1-2H3. The maximum absolute atomic E-state index is 12.6. The number of nitrogens with one attached hydrogen (secondary N) is 1. The van der Waals surface area contributed by atoms with Crippen molar-refractivity contribution in [2.24, 2.45) is 5.41 Å². The summed E-state index contributed by atoms with van der Waals surface area (Å²) in [6, 6.07) is 0. The summed E-state index contributed by atoms with van der Waals surface area (Å²) in [6.45, 7) is 6.81. The van der Waals surface area contributed by atoms with Crippen molar-refractivity contribution in [3.05, 3.63) is 18.2 Å². The Kier molecular flexibility index (Phi) is 3.62. The molecule has 1 aliphatic rings. The Morgan fingerprint density at radius 2 is 2.47 bits per heavy atom. The van der Waals surface area contributed by atoms with Gasteiger partial charge in [0.25, 0.3) is 0 Å². The van der Waals surface area contributed by atoms with Gasteiger partial charge in [0.1, 0.15) is 0 Å². The largest absolute Gasteiger partial charge is 0.329 e. The fourth-order valence-corrected chi connectivity index (χ4v) is 2.46. The van der Waals surface area contributed by atoms with E-state index in [1.807, 2.05) is 17.7 Å². The second-order valence-electron chi connectivity index (χ2n) is 5.11. The molecule has 0 spiro atoms. The minimum Gasteiger partial charge on any atom is -0.329 e. The quantitative estimate of drug-likeness (QED) is 0.810. The maximum Gasteiger partial charge on any atom is 0.205 e. The number of aromatic nitrogens is 2. The Morgan fingerprint density at radius 3 is 3.12 bits per heavy atom. The van der Waals surface area contributed by atoms with Crippen LogP contribution in [-0.2, 0) is 6.54 Å². The molecule has 94 valence electrons. The molecular weight excluding hydrogens is 214 g/mol. The number of Topliss-reactive ketones (excluding diaryl/α,β-unsaturated/α-hetero) is 1. The first kappa shape index (κ1) is 12.3. The molecule has 1 aliphatic heterocycles. The van der Waals surface area contributed by atoms with Gasteiger partial charge in [0.15, 0.2) is 5.82 Å². The van der Waals surface area contributed by atoms with Gasteiger partial charge in [0.05, 0.1) is 0 Å². The molecule has 0 aliphatic carbocycles. The first-order valence-electron chi connectivity index (χ1n) is 6.44. The van der Waals surface area contributed by atoms with Crippen LogP contribution < -0.4 is 5.32 Å². The van der Waals surface area contributed by atoms with Crippen LogP contribution >= 0.6 is 0 Å². The van der Waals surface area contributed by atoms with Crippen LogP contribution in [0.2, 0.25) is 0 Å².